The van der Waals surface area contributed by atoms with Gasteiger partial charge in [0.15, 0.2) is 0 Å². The molecular formula is C11H10N4S. The number of hydrogen-bond donors (Lipinski definition) is 1. The Labute approximate surface area is 97.1 Å². The van der Waals surface area contributed by atoms with Gasteiger partial charge in [0.05, 0.1) is 17.1 Å². The molecule has 0 radical (unpaired) electrons. The Hall–Kier alpha value is -1.75. The molecule has 3 heterocycles. The first-order valence-corrected chi connectivity index (χ1v) is 5.91. The van der Waals surface area contributed by atoms with Gasteiger partial charge in [0.1, 0.15) is 10.8 Å². The van der Waals surface area contributed by atoms with E-state index < -0.39 is 0 Å². The maximum absolute atomic E-state index is 4.37. The second kappa shape index (κ2) is 4.02. The number of rotatable bonds is 2. The minimum Gasteiger partial charge on any atom is -0.367 e. The van der Waals surface area contributed by atoms with Crippen LogP contribution in [0.15, 0.2) is 35.6 Å². The summed E-state index contributed by atoms with van der Waals surface area (Å²) in [6.45, 7) is 1.78. The van der Waals surface area contributed by atoms with E-state index in [1.54, 1.807) is 17.5 Å². The summed E-state index contributed by atoms with van der Waals surface area (Å²) < 4.78 is 0. The van der Waals surface area contributed by atoms with Crippen LogP contribution in [0.5, 0.6) is 0 Å². The smallest absolute Gasteiger partial charge is 0.142 e. The number of hydrogen-bond acceptors (Lipinski definition) is 5. The number of nitrogens with one attached hydrogen (secondary N) is 1. The summed E-state index contributed by atoms with van der Waals surface area (Å²) in [5, 5.41) is 4.17. The number of amidine groups is 1. The molecule has 80 valence electrons. The van der Waals surface area contributed by atoms with E-state index in [2.05, 4.69) is 20.3 Å². The molecule has 0 bridgehead atoms. The van der Waals surface area contributed by atoms with Crippen molar-refractivity contribution in [1.29, 1.82) is 0 Å². The standard InChI is InChI=1S/C11H10N4S/c1-2-4-12-8(3-1)11-15-7-9(16-11)10-13-5-6-14-10/h1-4,7H,5-6H2,(H,13,14). The molecule has 1 N–H and O–H groups in total. The van der Waals surface area contributed by atoms with Crippen LogP contribution in [0, 0.1) is 0 Å². The minimum atomic E-state index is 0.853. The van der Waals surface area contributed by atoms with Crippen molar-refractivity contribution in [3.05, 3.63) is 35.5 Å². The SMILES string of the molecule is c1ccc(-c2ncc(C3=NCCN3)s2)nc1. The van der Waals surface area contributed by atoms with Gasteiger partial charge >= 0.3 is 0 Å². The summed E-state index contributed by atoms with van der Waals surface area (Å²) in [6.07, 6.45) is 3.63. The lowest BCUT2D eigenvalue weighted by atomic mass is 10.4. The lowest BCUT2D eigenvalue weighted by Gasteiger charge is -1.95. The second-order valence-corrected chi connectivity index (χ2v) is 4.43. The fraction of sp³-hybridized carbons (Fsp3) is 0.182. The Kier molecular flexibility index (Phi) is 2.38. The summed E-state index contributed by atoms with van der Waals surface area (Å²) in [6, 6.07) is 5.84. The van der Waals surface area contributed by atoms with Crippen LogP contribution in [-0.4, -0.2) is 28.9 Å². The lowest BCUT2D eigenvalue weighted by Crippen LogP contribution is -2.18. The topological polar surface area (TPSA) is 50.2 Å². The highest BCUT2D eigenvalue weighted by atomic mass is 32.1. The van der Waals surface area contributed by atoms with Gasteiger partial charge in [0.25, 0.3) is 0 Å². The molecule has 0 aliphatic carbocycles. The molecule has 1 aliphatic heterocycles. The molecule has 2 aromatic rings. The van der Waals surface area contributed by atoms with Gasteiger partial charge in [-0.3, -0.25) is 9.98 Å². The summed E-state index contributed by atoms with van der Waals surface area (Å²) in [5.41, 5.74) is 0.914. The number of nitrogens with zero attached hydrogens (tertiary/aromatic N) is 3. The molecule has 5 heteroatoms. The molecule has 0 atom stereocenters. The fourth-order valence-corrected chi connectivity index (χ4v) is 2.43. The molecule has 0 fully saturated rings. The maximum Gasteiger partial charge on any atom is 0.142 e. The third-order valence-corrected chi connectivity index (χ3v) is 3.32. The normalized spacial score (nSPS) is 14.6. The van der Waals surface area contributed by atoms with Crippen molar-refractivity contribution in [3.63, 3.8) is 0 Å². The molecule has 1 aliphatic rings. The van der Waals surface area contributed by atoms with Gasteiger partial charge in [-0.05, 0) is 12.1 Å². The Morgan fingerprint density at radius 1 is 1.25 bits per heavy atom. The number of aliphatic imine (C=N–C) groups is 1. The molecule has 4 nitrogen and oxygen atoms in total. The van der Waals surface area contributed by atoms with Gasteiger partial charge in [-0.2, -0.15) is 0 Å². The van der Waals surface area contributed by atoms with Crippen LogP contribution in [0.3, 0.4) is 0 Å². The number of pyridine rings is 1. The van der Waals surface area contributed by atoms with E-state index >= 15 is 0 Å². The van der Waals surface area contributed by atoms with Gasteiger partial charge in [-0.25, -0.2) is 4.98 Å². The molecule has 0 amide bonds. The van der Waals surface area contributed by atoms with Crippen molar-refractivity contribution in [1.82, 2.24) is 15.3 Å². The zero-order chi connectivity index (χ0) is 10.8. The van der Waals surface area contributed by atoms with E-state index in [9.17, 15) is 0 Å². The van der Waals surface area contributed by atoms with Gasteiger partial charge in [-0.15, -0.1) is 11.3 Å². The molecule has 0 saturated carbocycles. The van der Waals surface area contributed by atoms with Crippen LogP contribution in [0.25, 0.3) is 10.7 Å². The zero-order valence-electron chi connectivity index (χ0n) is 8.55. The highest BCUT2D eigenvalue weighted by Crippen LogP contribution is 2.23. The van der Waals surface area contributed by atoms with Gasteiger partial charge in [0.2, 0.25) is 0 Å². The van der Waals surface area contributed by atoms with E-state index in [0.717, 1.165) is 34.5 Å². The lowest BCUT2D eigenvalue weighted by molar-refractivity contribution is 0.960. The molecule has 0 spiro atoms. The van der Waals surface area contributed by atoms with Crippen molar-refractivity contribution in [2.45, 2.75) is 0 Å². The molecule has 2 aromatic heterocycles. The summed E-state index contributed by atoms with van der Waals surface area (Å²) >= 11 is 1.62. The predicted octanol–water partition coefficient (Wildman–Crippen LogP) is 1.55. The average molecular weight is 230 g/mol. The first-order chi connectivity index (χ1) is 7.93. The van der Waals surface area contributed by atoms with Gasteiger partial charge in [0, 0.05) is 18.9 Å². The minimum absolute atomic E-state index is 0.853. The fourth-order valence-electron chi connectivity index (χ4n) is 1.55. The molecule has 0 saturated heterocycles. The predicted molar refractivity (Wildman–Crippen MR) is 64.8 cm³/mol. The Morgan fingerprint density at radius 3 is 3.00 bits per heavy atom. The zero-order valence-corrected chi connectivity index (χ0v) is 9.37. The molecule has 16 heavy (non-hydrogen) atoms. The van der Waals surface area contributed by atoms with E-state index in [1.165, 1.54) is 0 Å². The van der Waals surface area contributed by atoms with Crippen molar-refractivity contribution >= 4 is 17.2 Å². The summed E-state index contributed by atoms with van der Waals surface area (Å²) in [5.74, 6) is 0.958. The average Bonchev–Trinajstić information content (AvgIpc) is 3.01. The molecule has 3 rings (SSSR count). The van der Waals surface area contributed by atoms with E-state index in [0.29, 0.717) is 0 Å². The second-order valence-electron chi connectivity index (χ2n) is 3.40. The highest BCUT2D eigenvalue weighted by molar-refractivity contribution is 7.16. The van der Waals surface area contributed by atoms with Crippen LogP contribution in [0.2, 0.25) is 0 Å². The largest absolute Gasteiger partial charge is 0.367 e. The van der Waals surface area contributed by atoms with Crippen LogP contribution in [0.4, 0.5) is 0 Å². The van der Waals surface area contributed by atoms with Crippen molar-refractivity contribution in [2.24, 2.45) is 4.99 Å². The van der Waals surface area contributed by atoms with E-state index in [1.807, 2.05) is 24.4 Å². The van der Waals surface area contributed by atoms with Crippen molar-refractivity contribution in [2.75, 3.05) is 13.1 Å². The molecular weight excluding hydrogens is 220 g/mol. The number of aromatic nitrogens is 2. The summed E-state index contributed by atoms with van der Waals surface area (Å²) in [7, 11) is 0. The Bertz CT molecular complexity index is 518. The van der Waals surface area contributed by atoms with Crippen molar-refractivity contribution < 1.29 is 0 Å². The number of thiazole rings is 1. The van der Waals surface area contributed by atoms with Crippen LogP contribution < -0.4 is 5.32 Å². The quantitative estimate of drug-likeness (QED) is 0.851. The monoisotopic (exact) mass is 230 g/mol. The molecule has 0 unspecified atom stereocenters. The van der Waals surface area contributed by atoms with Crippen molar-refractivity contribution in [3.8, 4) is 10.7 Å². The summed E-state index contributed by atoms with van der Waals surface area (Å²) in [4.78, 5) is 14.1. The third-order valence-electron chi connectivity index (χ3n) is 2.30. The first-order valence-electron chi connectivity index (χ1n) is 5.09. The van der Waals surface area contributed by atoms with E-state index in [-0.39, 0.29) is 0 Å². The first kappa shape index (κ1) is 9.47. The van der Waals surface area contributed by atoms with Crippen LogP contribution in [-0.2, 0) is 0 Å². The maximum atomic E-state index is 4.37. The van der Waals surface area contributed by atoms with Crippen LogP contribution in [0.1, 0.15) is 4.88 Å². The third kappa shape index (κ3) is 1.69. The van der Waals surface area contributed by atoms with Gasteiger partial charge < -0.3 is 5.32 Å². The Morgan fingerprint density at radius 2 is 2.25 bits per heavy atom. The highest BCUT2D eigenvalue weighted by Gasteiger charge is 2.12. The van der Waals surface area contributed by atoms with E-state index in [4.69, 9.17) is 0 Å². The van der Waals surface area contributed by atoms with Crippen LogP contribution >= 0.6 is 11.3 Å². The Balaban J connectivity index is 1.94. The molecule has 0 aromatic carbocycles. The van der Waals surface area contributed by atoms with Gasteiger partial charge in [-0.1, -0.05) is 6.07 Å².